The second kappa shape index (κ2) is 9.48. The van der Waals surface area contributed by atoms with E-state index in [2.05, 4.69) is 5.32 Å². The summed E-state index contributed by atoms with van der Waals surface area (Å²) >= 11 is 0. The van der Waals surface area contributed by atoms with Crippen molar-refractivity contribution in [3.8, 4) is 0 Å². The second-order valence-corrected chi connectivity index (χ2v) is 5.79. The van der Waals surface area contributed by atoms with Crippen molar-refractivity contribution in [3.05, 3.63) is 35.9 Å². The molecule has 9 heteroatoms. The van der Waals surface area contributed by atoms with Gasteiger partial charge < -0.3 is 34.5 Å². The van der Waals surface area contributed by atoms with E-state index >= 15 is 0 Å². The van der Waals surface area contributed by atoms with Crippen molar-refractivity contribution in [2.24, 2.45) is 0 Å². The molecule has 0 unspecified atom stereocenters. The Bertz CT molecular complexity index is 594. The second-order valence-electron chi connectivity index (χ2n) is 5.79. The molecule has 0 aromatic heterocycles. The summed E-state index contributed by atoms with van der Waals surface area (Å²) in [6, 6.07) is 8.01. The van der Waals surface area contributed by atoms with Crippen LogP contribution in [0.25, 0.3) is 0 Å². The van der Waals surface area contributed by atoms with Gasteiger partial charge in [-0.1, -0.05) is 30.3 Å². The van der Waals surface area contributed by atoms with Gasteiger partial charge in [0.05, 0.1) is 0 Å². The molecule has 1 saturated heterocycles. The average molecular weight is 369 g/mol. The molecule has 1 amide bonds. The number of amides is 1. The van der Waals surface area contributed by atoms with Crippen LogP contribution in [0.1, 0.15) is 12.5 Å². The molecule has 144 valence electrons. The zero-order valence-electron chi connectivity index (χ0n) is 14.5. The van der Waals surface area contributed by atoms with Gasteiger partial charge in [-0.15, -0.1) is 0 Å². The van der Waals surface area contributed by atoms with E-state index in [1.54, 1.807) is 12.1 Å². The Morgan fingerprint density at radius 3 is 2.46 bits per heavy atom. The van der Waals surface area contributed by atoms with Gasteiger partial charge in [0.2, 0.25) is 0 Å². The third-order valence-corrected chi connectivity index (χ3v) is 3.88. The Morgan fingerprint density at radius 2 is 1.85 bits per heavy atom. The van der Waals surface area contributed by atoms with Crippen LogP contribution in [0.3, 0.4) is 0 Å². The summed E-state index contributed by atoms with van der Waals surface area (Å²) in [6.45, 7) is 1.01. The van der Waals surface area contributed by atoms with E-state index in [-0.39, 0.29) is 13.2 Å². The van der Waals surface area contributed by atoms with Gasteiger partial charge in [-0.05, 0) is 5.56 Å². The van der Waals surface area contributed by atoms with E-state index in [1.165, 1.54) is 14.0 Å². The molecule has 3 N–H and O–H groups in total. The first-order chi connectivity index (χ1) is 12.4. The first-order valence-corrected chi connectivity index (χ1v) is 8.07. The van der Waals surface area contributed by atoms with Crippen LogP contribution < -0.4 is 5.32 Å². The van der Waals surface area contributed by atoms with Crippen molar-refractivity contribution >= 4 is 12.1 Å². The summed E-state index contributed by atoms with van der Waals surface area (Å²) < 4.78 is 20.5. The maximum Gasteiger partial charge on any atom is 0.407 e. The van der Waals surface area contributed by atoms with Crippen LogP contribution in [-0.4, -0.2) is 66.6 Å². The quantitative estimate of drug-likeness (QED) is 0.596. The number of alkyl carbamates (subject to hydrolysis) is 1. The number of hydrogen-bond donors (Lipinski definition) is 3. The van der Waals surface area contributed by atoms with Crippen LogP contribution >= 0.6 is 0 Å². The minimum Gasteiger partial charge on any atom is -0.463 e. The first-order valence-electron chi connectivity index (χ1n) is 8.07. The number of carbonyl (C=O) groups is 2. The predicted octanol–water partition coefficient (Wildman–Crippen LogP) is -0.0624. The Balaban J connectivity index is 1.92. The molecule has 5 atom stereocenters. The van der Waals surface area contributed by atoms with Crippen LogP contribution in [0.5, 0.6) is 0 Å². The fourth-order valence-corrected chi connectivity index (χ4v) is 2.52. The molecule has 0 radical (unpaired) electrons. The summed E-state index contributed by atoms with van der Waals surface area (Å²) in [5, 5.41) is 22.9. The number of methoxy groups -OCH3 is 1. The fraction of sp³-hybridized carbons (Fsp3) is 0.529. The Morgan fingerprint density at radius 1 is 1.15 bits per heavy atom. The van der Waals surface area contributed by atoms with E-state index in [9.17, 15) is 19.8 Å². The molecule has 26 heavy (non-hydrogen) atoms. The maximum absolute atomic E-state index is 12.0. The molecule has 1 aromatic rings. The third-order valence-electron chi connectivity index (χ3n) is 3.88. The van der Waals surface area contributed by atoms with Gasteiger partial charge in [0.1, 0.15) is 37.6 Å². The molecule has 0 spiro atoms. The molecule has 1 fully saturated rings. The molecule has 2 rings (SSSR count). The highest BCUT2D eigenvalue weighted by atomic mass is 16.7. The molecular weight excluding hydrogens is 346 g/mol. The lowest BCUT2D eigenvalue weighted by Gasteiger charge is -2.41. The van der Waals surface area contributed by atoms with E-state index in [1.807, 2.05) is 18.2 Å². The fourth-order valence-electron chi connectivity index (χ4n) is 2.52. The molecule has 1 aliphatic rings. The van der Waals surface area contributed by atoms with Gasteiger partial charge in [0, 0.05) is 14.0 Å². The highest BCUT2D eigenvalue weighted by Crippen LogP contribution is 2.22. The Hall–Kier alpha value is -2.20. The molecule has 0 bridgehead atoms. The normalized spacial score (nSPS) is 28.2. The van der Waals surface area contributed by atoms with E-state index in [4.69, 9.17) is 18.9 Å². The monoisotopic (exact) mass is 369 g/mol. The smallest absolute Gasteiger partial charge is 0.407 e. The number of benzene rings is 1. The summed E-state index contributed by atoms with van der Waals surface area (Å²) in [7, 11) is 1.32. The minimum atomic E-state index is -1.40. The first kappa shape index (κ1) is 20.1. The summed E-state index contributed by atoms with van der Waals surface area (Å²) in [5.74, 6) is -0.547. The van der Waals surface area contributed by atoms with Crippen LogP contribution in [0, 0.1) is 0 Å². The van der Waals surface area contributed by atoms with Gasteiger partial charge in [-0.3, -0.25) is 4.79 Å². The summed E-state index contributed by atoms with van der Waals surface area (Å²) in [5.41, 5.74) is 0.799. The highest BCUT2D eigenvalue weighted by molar-refractivity contribution is 5.68. The van der Waals surface area contributed by atoms with E-state index in [0.717, 1.165) is 5.56 Å². The van der Waals surface area contributed by atoms with Crippen molar-refractivity contribution in [3.63, 3.8) is 0 Å². The topological polar surface area (TPSA) is 124 Å². The van der Waals surface area contributed by atoms with Crippen LogP contribution in [0.15, 0.2) is 30.3 Å². The van der Waals surface area contributed by atoms with Gasteiger partial charge in [-0.2, -0.15) is 0 Å². The van der Waals surface area contributed by atoms with Crippen LogP contribution in [0.2, 0.25) is 0 Å². The van der Waals surface area contributed by atoms with Crippen molar-refractivity contribution < 1.29 is 38.7 Å². The standard InChI is InChI=1S/C17H23NO8/c1-10(19)24-9-12-14(20)15(21)13(16(23-2)26-12)18-17(22)25-8-11-6-4-3-5-7-11/h3-7,12-16,20-21H,8-9H2,1-2H3,(H,18,22)/t12-,13-,14-,15-,16+/m1/s1. The number of aliphatic hydroxyl groups is 2. The molecule has 0 aliphatic carbocycles. The van der Waals surface area contributed by atoms with E-state index in [0.29, 0.717) is 0 Å². The predicted molar refractivity (Wildman–Crippen MR) is 87.9 cm³/mol. The summed E-state index contributed by atoms with van der Waals surface area (Å²) in [6.07, 6.45) is -5.64. The minimum absolute atomic E-state index is 0.0472. The van der Waals surface area contributed by atoms with E-state index < -0.39 is 42.7 Å². The number of carbonyl (C=O) groups excluding carboxylic acids is 2. The molecule has 1 heterocycles. The molecule has 1 aliphatic heterocycles. The van der Waals surface area contributed by atoms with Gasteiger partial charge >= 0.3 is 12.1 Å². The van der Waals surface area contributed by atoms with Crippen LogP contribution in [0.4, 0.5) is 4.79 Å². The van der Waals surface area contributed by atoms with Crippen LogP contribution in [-0.2, 0) is 30.3 Å². The molecule has 0 saturated carbocycles. The Labute approximate surface area is 150 Å². The van der Waals surface area contributed by atoms with Crippen molar-refractivity contribution in [2.45, 2.75) is 44.2 Å². The largest absolute Gasteiger partial charge is 0.463 e. The van der Waals surface area contributed by atoms with Crippen molar-refractivity contribution in [1.82, 2.24) is 5.32 Å². The number of rotatable bonds is 6. The average Bonchev–Trinajstić information content (AvgIpc) is 2.64. The van der Waals surface area contributed by atoms with Gasteiger partial charge in [0.15, 0.2) is 6.29 Å². The number of aliphatic hydroxyl groups excluding tert-OH is 2. The number of nitrogens with one attached hydrogen (secondary N) is 1. The molecular formula is C17H23NO8. The lowest BCUT2D eigenvalue weighted by Crippen LogP contribution is -2.64. The lowest BCUT2D eigenvalue weighted by molar-refractivity contribution is -0.263. The zero-order valence-corrected chi connectivity index (χ0v) is 14.5. The SMILES string of the molecule is CO[C@H]1O[C@H](COC(C)=O)[C@@H](O)[C@H](O)[C@H]1NC(=O)OCc1ccccc1. The van der Waals surface area contributed by atoms with Gasteiger partial charge in [0.25, 0.3) is 0 Å². The lowest BCUT2D eigenvalue weighted by atomic mass is 9.97. The molecule has 1 aromatic carbocycles. The number of ether oxygens (including phenoxy) is 4. The highest BCUT2D eigenvalue weighted by Gasteiger charge is 2.46. The third kappa shape index (κ3) is 5.40. The number of esters is 1. The zero-order chi connectivity index (χ0) is 19.1. The Kier molecular flexibility index (Phi) is 7.34. The number of hydrogen-bond acceptors (Lipinski definition) is 8. The molecule has 9 nitrogen and oxygen atoms in total. The van der Waals surface area contributed by atoms with Crippen molar-refractivity contribution in [2.75, 3.05) is 13.7 Å². The van der Waals surface area contributed by atoms with Gasteiger partial charge in [-0.25, -0.2) is 4.79 Å². The summed E-state index contributed by atoms with van der Waals surface area (Å²) in [4.78, 5) is 22.9. The maximum atomic E-state index is 12.0. The van der Waals surface area contributed by atoms with Crippen molar-refractivity contribution in [1.29, 1.82) is 0 Å².